The van der Waals surface area contributed by atoms with E-state index in [0.717, 1.165) is 26.2 Å². The minimum atomic E-state index is -0.0319. The lowest BCUT2D eigenvalue weighted by molar-refractivity contribution is 0.0770. The average molecular weight is 251 g/mol. The molecule has 0 aromatic carbocycles. The van der Waals surface area contributed by atoms with Crippen molar-refractivity contribution in [2.75, 3.05) is 33.3 Å². The Kier molecular flexibility index (Phi) is 3.05. The van der Waals surface area contributed by atoms with Gasteiger partial charge < -0.3 is 19.5 Å². The number of aromatic nitrogens is 1. The fourth-order valence-corrected chi connectivity index (χ4v) is 2.81. The maximum atomic E-state index is 12.2. The summed E-state index contributed by atoms with van der Waals surface area (Å²) in [5.41, 5.74) is 0.384. The van der Waals surface area contributed by atoms with Gasteiger partial charge in [0.15, 0.2) is 11.5 Å². The molecule has 2 unspecified atom stereocenters. The molecule has 2 aliphatic heterocycles. The molecule has 6 nitrogen and oxygen atoms in total. The molecule has 0 aliphatic carbocycles. The average Bonchev–Trinajstić information content (AvgIpc) is 3.02. The van der Waals surface area contributed by atoms with Crippen molar-refractivity contribution in [3.05, 3.63) is 17.5 Å². The lowest BCUT2D eigenvalue weighted by Crippen LogP contribution is -2.32. The molecule has 1 aromatic rings. The van der Waals surface area contributed by atoms with Crippen molar-refractivity contribution < 1.29 is 14.1 Å². The molecule has 0 saturated carbocycles. The number of hydrogen-bond acceptors (Lipinski definition) is 5. The standard InChI is InChI=1S/C12H17N3O3/c1-17-7-10-2-11(14-18-10)12(16)15-5-8-3-13-4-9(8)6-15/h2,8-9,13H,3-7H2,1H3. The van der Waals surface area contributed by atoms with Gasteiger partial charge in [-0.05, 0) is 11.8 Å². The smallest absolute Gasteiger partial charge is 0.276 e. The number of likely N-dealkylation sites (tertiary alicyclic amines) is 1. The Balaban J connectivity index is 1.67. The Bertz CT molecular complexity index is 434. The highest BCUT2D eigenvalue weighted by atomic mass is 16.5. The van der Waals surface area contributed by atoms with E-state index in [1.165, 1.54) is 0 Å². The lowest BCUT2D eigenvalue weighted by atomic mass is 10.0. The number of carbonyl (C=O) groups is 1. The van der Waals surface area contributed by atoms with E-state index in [9.17, 15) is 4.79 Å². The van der Waals surface area contributed by atoms with E-state index >= 15 is 0 Å². The van der Waals surface area contributed by atoms with Gasteiger partial charge in [-0.15, -0.1) is 0 Å². The molecule has 98 valence electrons. The molecular weight excluding hydrogens is 234 g/mol. The van der Waals surface area contributed by atoms with Gasteiger partial charge in [-0.25, -0.2) is 0 Å². The topological polar surface area (TPSA) is 67.6 Å². The van der Waals surface area contributed by atoms with E-state index in [1.807, 2.05) is 4.90 Å². The summed E-state index contributed by atoms with van der Waals surface area (Å²) in [5, 5.41) is 7.17. The van der Waals surface area contributed by atoms with Gasteiger partial charge in [-0.2, -0.15) is 0 Å². The first-order valence-corrected chi connectivity index (χ1v) is 6.22. The van der Waals surface area contributed by atoms with Crippen molar-refractivity contribution in [3.8, 4) is 0 Å². The molecular formula is C12H17N3O3. The molecule has 18 heavy (non-hydrogen) atoms. The number of rotatable bonds is 3. The first-order valence-electron chi connectivity index (χ1n) is 6.22. The van der Waals surface area contributed by atoms with Crippen molar-refractivity contribution in [2.24, 2.45) is 11.8 Å². The Morgan fingerprint density at radius 1 is 1.56 bits per heavy atom. The van der Waals surface area contributed by atoms with Crippen molar-refractivity contribution >= 4 is 5.91 Å². The fraction of sp³-hybridized carbons (Fsp3) is 0.667. The van der Waals surface area contributed by atoms with Crippen LogP contribution < -0.4 is 5.32 Å². The van der Waals surface area contributed by atoms with E-state index in [0.29, 0.717) is 29.9 Å². The Hall–Kier alpha value is -1.40. The van der Waals surface area contributed by atoms with Crippen LogP contribution in [0.3, 0.4) is 0 Å². The monoisotopic (exact) mass is 251 g/mol. The molecule has 2 fully saturated rings. The largest absolute Gasteiger partial charge is 0.377 e. The van der Waals surface area contributed by atoms with E-state index < -0.39 is 0 Å². The lowest BCUT2D eigenvalue weighted by Gasteiger charge is -2.15. The van der Waals surface area contributed by atoms with Gasteiger partial charge in [0.05, 0.1) is 0 Å². The zero-order chi connectivity index (χ0) is 12.5. The molecule has 3 heterocycles. The van der Waals surface area contributed by atoms with Gasteiger partial charge in [0.2, 0.25) is 0 Å². The van der Waals surface area contributed by atoms with E-state index in [2.05, 4.69) is 10.5 Å². The van der Waals surface area contributed by atoms with Crippen LogP contribution in [0.4, 0.5) is 0 Å². The summed E-state index contributed by atoms with van der Waals surface area (Å²) in [6.45, 7) is 4.02. The molecule has 2 atom stereocenters. The highest BCUT2D eigenvalue weighted by molar-refractivity contribution is 5.92. The highest BCUT2D eigenvalue weighted by Gasteiger charge is 2.38. The molecule has 1 N–H and O–H groups in total. The first-order chi connectivity index (χ1) is 8.78. The number of hydrogen-bond donors (Lipinski definition) is 1. The summed E-state index contributed by atoms with van der Waals surface area (Å²) in [5.74, 6) is 1.75. The summed E-state index contributed by atoms with van der Waals surface area (Å²) in [7, 11) is 1.58. The van der Waals surface area contributed by atoms with E-state index in [4.69, 9.17) is 9.26 Å². The van der Waals surface area contributed by atoms with Crippen molar-refractivity contribution in [1.29, 1.82) is 0 Å². The number of ether oxygens (including phenoxy) is 1. The number of nitrogens with zero attached hydrogens (tertiary/aromatic N) is 2. The van der Waals surface area contributed by atoms with Crippen LogP contribution in [0.15, 0.2) is 10.6 Å². The van der Waals surface area contributed by atoms with Crippen molar-refractivity contribution in [2.45, 2.75) is 6.61 Å². The molecule has 2 saturated heterocycles. The number of methoxy groups -OCH3 is 1. The molecule has 0 bridgehead atoms. The molecule has 6 heteroatoms. The van der Waals surface area contributed by atoms with Crippen molar-refractivity contribution in [1.82, 2.24) is 15.4 Å². The Morgan fingerprint density at radius 3 is 2.94 bits per heavy atom. The third-order valence-electron chi connectivity index (χ3n) is 3.74. The van der Waals surface area contributed by atoms with E-state index in [-0.39, 0.29) is 5.91 Å². The van der Waals surface area contributed by atoms with Gasteiger partial charge >= 0.3 is 0 Å². The van der Waals surface area contributed by atoms with Crippen LogP contribution in [0, 0.1) is 11.8 Å². The molecule has 1 aromatic heterocycles. The minimum Gasteiger partial charge on any atom is -0.377 e. The van der Waals surface area contributed by atoms with Crippen LogP contribution in [0.1, 0.15) is 16.2 Å². The van der Waals surface area contributed by atoms with Crippen LogP contribution in [0.5, 0.6) is 0 Å². The number of carbonyl (C=O) groups excluding carboxylic acids is 1. The van der Waals surface area contributed by atoms with Crippen LogP contribution in [0.2, 0.25) is 0 Å². The van der Waals surface area contributed by atoms with Gasteiger partial charge in [0, 0.05) is 39.4 Å². The molecule has 0 spiro atoms. The highest BCUT2D eigenvalue weighted by Crippen LogP contribution is 2.27. The maximum absolute atomic E-state index is 12.2. The number of nitrogens with one attached hydrogen (secondary N) is 1. The number of fused-ring (bicyclic) bond motifs is 1. The summed E-state index contributed by atoms with van der Waals surface area (Å²) < 4.78 is 9.99. The quantitative estimate of drug-likeness (QED) is 0.826. The zero-order valence-electron chi connectivity index (χ0n) is 10.4. The summed E-state index contributed by atoms with van der Waals surface area (Å²) >= 11 is 0. The van der Waals surface area contributed by atoms with E-state index in [1.54, 1.807) is 13.2 Å². The molecule has 2 aliphatic rings. The first kappa shape index (κ1) is 11.7. The third-order valence-corrected chi connectivity index (χ3v) is 3.74. The van der Waals surface area contributed by atoms with Crippen LogP contribution >= 0.6 is 0 Å². The second-order valence-electron chi connectivity index (χ2n) is 5.00. The van der Waals surface area contributed by atoms with Crippen LogP contribution in [-0.4, -0.2) is 49.3 Å². The maximum Gasteiger partial charge on any atom is 0.276 e. The fourth-order valence-electron chi connectivity index (χ4n) is 2.81. The van der Waals surface area contributed by atoms with Gasteiger partial charge in [-0.1, -0.05) is 5.16 Å². The Labute approximate surface area is 105 Å². The summed E-state index contributed by atoms with van der Waals surface area (Å²) in [4.78, 5) is 14.1. The summed E-state index contributed by atoms with van der Waals surface area (Å²) in [6, 6.07) is 1.66. The molecule has 0 radical (unpaired) electrons. The van der Waals surface area contributed by atoms with Crippen LogP contribution in [-0.2, 0) is 11.3 Å². The van der Waals surface area contributed by atoms with Crippen molar-refractivity contribution in [3.63, 3.8) is 0 Å². The molecule has 3 rings (SSSR count). The van der Waals surface area contributed by atoms with Gasteiger partial charge in [0.25, 0.3) is 5.91 Å². The second kappa shape index (κ2) is 4.70. The van der Waals surface area contributed by atoms with Gasteiger partial charge in [0.1, 0.15) is 6.61 Å². The second-order valence-corrected chi connectivity index (χ2v) is 5.00. The summed E-state index contributed by atoms with van der Waals surface area (Å²) in [6.07, 6.45) is 0. The molecule has 1 amide bonds. The zero-order valence-corrected chi connectivity index (χ0v) is 10.4. The SMILES string of the molecule is COCc1cc(C(=O)N2CC3CNCC3C2)no1. The normalized spacial score (nSPS) is 26.6. The van der Waals surface area contributed by atoms with Gasteiger partial charge in [-0.3, -0.25) is 4.79 Å². The van der Waals surface area contributed by atoms with Crippen LogP contribution in [0.25, 0.3) is 0 Å². The number of amides is 1. The third kappa shape index (κ3) is 2.02. The predicted octanol–water partition coefficient (Wildman–Crippen LogP) is 0.112. The predicted molar refractivity (Wildman–Crippen MR) is 63.0 cm³/mol. The minimum absolute atomic E-state index is 0.0319. The Morgan fingerprint density at radius 2 is 2.28 bits per heavy atom.